The van der Waals surface area contributed by atoms with Crippen LogP contribution in [0.15, 0.2) is 24.3 Å². The van der Waals surface area contributed by atoms with Gasteiger partial charge in [-0.3, -0.25) is 9.69 Å². The highest BCUT2D eigenvalue weighted by atomic mass is 32.1. The van der Waals surface area contributed by atoms with E-state index in [1.165, 1.54) is 43.5 Å². The van der Waals surface area contributed by atoms with Gasteiger partial charge >= 0.3 is 0 Å². The number of carbonyl (C=O) groups is 1. The van der Waals surface area contributed by atoms with Gasteiger partial charge in [-0.1, -0.05) is 18.2 Å². The van der Waals surface area contributed by atoms with E-state index in [9.17, 15) is 4.79 Å². The summed E-state index contributed by atoms with van der Waals surface area (Å²) in [6.07, 6.45) is 4.96. The van der Waals surface area contributed by atoms with Gasteiger partial charge in [-0.05, 0) is 61.7 Å². The van der Waals surface area contributed by atoms with Crippen molar-refractivity contribution in [2.24, 2.45) is 5.92 Å². The van der Waals surface area contributed by atoms with E-state index >= 15 is 0 Å². The highest BCUT2D eigenvalue weighted by Gasteiger charge is 2.60. The van der Waals surface area contributed by atoms with Crippen LogP contribution in [0.1, 0.15) is 40.9 Å². The van der Waals surface area contributed by atoms with Gasteiger partial charge in [-0.25, -0.2) is 0 Å². The van der Waals surface area contributed by atoms with E-state index in [1.807, 2.05) is 12.1 Å². The quantitative estimate of drug-likeness (QED) is 0.913. The van der Waals surface area contributed by atoms with Crippen molar-refractivity contribution in [3.63, 3.8) is 0 Å². The first kappa shape index (κ1) is 15.8. The number of methoxy groups -OCH3 is 1. The molecule has 1 N–H and O–H groups in total. The molecule has 3 aliphatic heterocycles. The Labute approximate surface area is 152 Å². The van der Waals surface area contributed by atoms with Gasteiger partial charge in [0.2, 0.25) is 0 Å². The number of hydrogen-bond acceptors (Lipinski definition) is 4. The van der Waals surface area contributed by atoms with E-state index in [4.69, 9.17) is 4.74 Å². The second kappa shape index (κ2) is 5.79. The van der Waals surface area contributed by atoms with E-state index in [0.29, 0.717) is 18.6 Å². The van der Waals surface area contributed by atoms with Gasteiger partial charge in [0.05, 0.1) is 17.5 Å². The Bertz CT molecular complexity index is 818. The summed E-state index contributed by atoms with van der Waals surface area (Å²) in [6, 6.07) is 8.58. The number of nitrogens with one attached hydrogen (secondary N) is 1. The fourth-order valence-corrected chi connectivity index (χ4v) is 6.10. The van der Waals surface area contributed by atoms with E-state index < -0.39 is 0 Å². The lowest BCUT2D eigenvalue weighted by molar-refractivity contribution is -0.00138. The highest BCUT2D eigenvalue weighted by molar-refractivity contribution is 7.21. The van der Waals surface area contributed by atoms with Gasteiger partial charge in [-0.2, -0.15) is 0 Å². The maximum absolute atomic E-state index is 13.0. The fourth-order valence-electron chi connectivity index (χ4n) is 5.04. The molecule has 0 unspecified atom stereocenters. The van der Waals surface area contributed by atoms with Crippen LogP contribution in [-0.2, 0) is 11.3 Å². The monoisotopic (exact) mass is 356 g/mol. The first-order chi connectivity index (χ1) is 12.2. The zero-order chi connectivity index (χ0) is 17.0. The van der Waals surface area contributed by atoms with Crippen molar-refractivity contribution in [3.8, 4) is 0 Å². The highest BCUT2D eigenvalue weighted by Crippen LogP contribution is 2.53. The van der Waals surface area contributed by atoms with Crippen molar-refractivity contribution in [3.05, 3.63) is 34.7 Å². The maximum Gasteiger partial charge on any atom is 0.261 e. The second-order valence-electron chi connectivity index (χ2n) is 7.76. The van der Waals surface area contributed by atoms with Crippen LogP contribution < -0.4 is 5.32 Å². The van der Waals surface area contributed by atoms with Crippen molar-refractivity contribution in [2.75, 3.05) is 20.2 Å². The Kier molecular flexibility index (Phi) is 3.66. The first-order valence-corrected chi connectivity index (χ1v) is 10.1. The molecule has 1 aromatic heterocycles. The largest absolute Gasteiger partial charge is 0.380 e. The minimum atomic E-state index is 0.106. The van der Waals surface area contributed by atoms with Crippen LogP contribution in [0.3, 0.4) is 0 Å². The predicted octanol–water partition coefficient (Wildman–Crippen LogP) is 3.40. The molecule has 5 heteroatoms. The lowest BCUT2D eigenvalue weighted by Gasteiger charge is -2.52. The number of ether oxygens (including phenoxy) is 1. The standard InChI is InChI=1S/C20H24N2O2S/c1-24-12-15-4-2-3-14-11-16(25-17(14)15)19(23)21-18-13-5-9-22(10-6-13)20(18)7-8-20/h2-4,11,13,18H,5-10,12H2,1H3,(H,21,23)/t18-/m0/s1. The number of nitrogens with zero attached hydrogens (tertiary/aromatic N) is 1. The number of amides is 1. The third-order valence-corrected chi connectivity index (χ3v) is 7.64. The molecule has 4 fully saturated rings. The number of fused-ring (bicyclic) bond motifs is 3. The SMILES string of the molecule is COCc1cccc2cc(C(=O)N[C@H]3C4CCN(CC4)C34CC4)sc12. The van der Waals surface area contributed by atoms with Gasteiger partial charge in [0.15, 0.2) is 0 Å². The van der Waals surface area contributed by atoms with Crippen LogP contribution in [0.5, 0.6) is 0 Å². The lowest BCUT2D eigenvalue weighted by atomic mass is 9.77. The van der Waals surface area contributed by atoms with Gasteiger partial charge in [0.25, 0.3) is 5.91 Å². The molecule has 132 valence electrons. The van der Waals surface area contributed by atoms with Crippen LogP contribution >= 0.6 is 11.3 Å². The molecule has 1 amide bonds. The molecule has 3 saturated heterocycles. The molecular weight excluding hydrogens is 332 g/mol. The molecule has 1 spiro atoms. The van der Waals surface area contributed by atoms with Crippen molar-refractivity contribution in [1.82, 2.24) is 10.2 Å². The van der Waals surface area contributed by atoms with Crippen LogP contribution in [0, 0.1) is 5.92 Å². The Morgan fingerprint density at radius 1 is 1.36 bits per heavy atom. The average molecular weight is 356 g/mol. The minimum Gasteiger partial charge on any atom is -0.380 e. The summed E-state index contributed by atoms with van der Waals surface area (Å²) in [5.74, 6) is 0.768. The molecule has 6 rings (SSSR count). The van der Waals surface area contributed by atoms with E-state index in [1.54, 1.807) is 18.4 Å². The zero-order valence-corrected chi connectivity index (χ0v) is 15.4. The Morgan fingerprint density at radius 3 is 2.88 bits per heavy atom. The summed E-state index contributed by atoms with van der Waals surface area (Å²) < 4.78 is 6.47. The summed E-state index contributed by atoms with van der Waals surface area (Å²) in [6.45, 7) is 3.03. The normalized spacial score (nSPS) is 29.2. The molecule has 25 heavy (non-hydrogen) atoms. The number of piperidine rings is 3. The second-order valence-corrected chi connectivity index (χ2v) is 8.81. The Balaban J connectivity index is 1.41. The summed E-state index contributed by atoms with van der Waals surface area (Å²) in [5.41, 5.74) is 1.44. The number of rotatable bonds is 4. The molecular formula is C20H24N2O2S. The number of thiophene rings is 1. The summed E-state index contributed by atoms with van der Waals surface area (Å²) in [5, 5.41) is 4.57. The van der Waals surface area contributed by atoms with Crippen molar-refractivity contribution in [1.29, 1.82) is 0 Å². The van der Waals surface area contributed by atoms with Crippen LogP contribution in [0.2, 0.25) is 0 Å². The molecule has 0 radical (unpaired) electrons. The molecule has 1 saturated carbocycles. The summed E-state index contributed by atoms with van der Waals surface area (Å²) in [4.78, 5) is 16.5. The molecule has 4 nitrogen and oxygen atoms in total. The smallest absolute Gasteiger partial charge is 0.261 e. The minimum absolute atomic E-state index is 0.106. The Hall–Kier alpha value is -1.43. The zero-order valence-electron chi connectivity index (χ0n) is 14.6. The molecule has 1 atom stereocenters. The molecule has 4 aliphatic rings. The topological polar surface area (TPSA) is 41.6 Å². The molecule has 1 aliphatic carbocycles. The molecule has 4 heterocycles. The molecule has 2 bridgehead atoms. The predicted molar refractivity (Wildman–Crippen MR) is 100 cm³/mol. The third-order valence-electron chi connectivity index (χ3n) is 6.42. The fraction of sp³-hybridized carbons (Fsp3) is 0.550. The van der Waals surface area contributed by atoms with E-state index in [0.717, 1.165) is 15.8 Å². The first-order valence-electron chi connectivity index (χ1n) is 9.27. The van der Waals surface area contributed by atoms with Crippen molar-refractivity contribution < 1.29 is 9.53 Å². The van der Waals surface area contributed by atoms with Gasteiger partial charge in [0.1, 0.15) is 0 Å². The summed E-state index contributed by atoms with van der Waals surface area (Å²) in [7, 11) is 1.71. The number of hydrogen-bond donors (Lipinski definition) is 1. The van der Waals surface area contributed by atoms with Gasteiger partial charge in [-0.15, -0.1) is 11.3 Å². The third kappa shape index (κ3) is 2.44. The molecule has 2 aromatic rings. The maximum atomic E-state index is 13.0. The van der Waals surface area contributed by atoms with Crippen molar-refractivity contribution in [2.45, 2.75) is 43.9 Å². The molecule has 1 aromatic carbocycles. The van der Waals surface area contributed by atoms with Crippen LogP contribution in [0.4, 0.5) is 0 Å². The lowest BCUT2D eigenvalue weighted by Crippen LogP contribution is -2.65. The van der Waals surface area contributed by atoms with Crippen LogP contribution in [-0.4, -0.2) is 42.6 Å². The average Bonchev–Trinajstić information content (AvgIpc) is 3.28. The van der Waals surface area contributed by atoms with Gasteiger partial charge in [0, 0.05) is 17.3 Å². The summed E-state index contributed by atoms with van der Waals surface area (Å²) >= 11 is 1.60. The van der Waals surface area contributed by atoms with Crippen LogP contribution in [0.25, 0.3) is 10.1 Å². The van der Waals surface area contributed by atoms with Gasteiger partial charge < -0.3 is 10.1 Å². The number of carbonyl (C=O) groups excluding carboxylic acids is 1. The Morgan fingerprint density at radius 2 is 2.16 bits per heavy atom. The number of benzene rings is 1. The van der Waals surface area contributed by atoms with E-state index in [2.05, 4.69) is 22.3 Å². The van der Waals surface area contributed by atoms with E-state index in [-0.39, 0.29) is 11.4 Å². The van der Waals surface area contributed by atoms with Crippen molar-refractivity contribution >= 4 is 27.3 Å².